The number of nitrogens with zero attached hydrogens (tertiary/aromatic N) is 1. The highest BCUT2D eigenvalue weighted by atomic mass is 19.1. The fourth-order valence-corrected chi connectivity index (χ4v) is 3.81. The summed E-state index contributed by atoms with van der Waals surface area (Å²) >= 11 is 0. The van der Waals surface area contributed by atoms with Crippen LogP contribution >= 0.6 is 0 Å². The molecule has 0 radical (unpaired) electrons. The van der Waals surface area contributed by atoms with E-state index < -0.39 is 11.4 Å². The number of ether oxygens (including phenoxy) is 2. The standard InChI is InChI=1S/C19H26FNO4/c1-19(2,3)25-18(23)21-14-4-5-15(21)10-17(9-14)24-16-7-12(11-22)6-13(20)8-16/h6-8,14-15,17,22H,4-5,9-11H2,1-3H3/t14-,15+,17+. The van der Waals surface area contributed by atoms with Crippen molar-refractivity contribution in [2.45, 2.75) is 76.9 Å². The van der Waals surface area contributed by atoms with Crippen molar-refractivity contribution >= 4 is 6.09 Å². The molecular weight excluding hydrogens is 325 g/mol. The van der Waals surface area contributed by atoms with Gasteiger partial charge < -0.3 is 19.5 Å². The van der Waals surface area contributed by atoms with Crippen LogP contribution in [0.1, 0.15) is 52.0 Å². The van der Waals surface area contributed by atoms with Crippen molar-refractivity contribution in [1.82, 2.24) is 4.90 Å². The molecule has 6 heteroatoms. The Hall–Kier alpha value is -1.82. The van der Waals surface area contributed by atoms with Gasteiger partial charge in [0.05, 0.1) is 6.61 Å². The van der Waals surface area contributed by atoms with Gasteiger partial charge in [-0.25, -0.2) is 9.18 Å². The van der Waals surface area contributed by atoms with E-state index in [-0.39, 0.29) is 30.9 Å². The second-order valence-corrected chi connectivity index (χ2v) is 7.94. The minimum absolute atomic E-state index is 0.0653. The second kappa shape index (κ2) is 6.83. The van der Waals surface area contributed by atoms with E-state index in [1.807, 2.05) is 25.7 Å². The van der Waals surface area contributed by atoms with Gasteiger partial charge in [0.15, 0.2) is 0 Å². The zero-order valence-corrected chi connectivity index (χ0v) is 15.0. The second-order valence-electron chi connectivity index (χ2n) is 7.94. The summed E-state index contributed by atoms with van der Waals surface area (Å²) in [7, 11) is 0. The Morgan fingerprint density at radius 3 is 2.44 bits per heavy atom. The van der Waals surface area contributed by atoms with E-state index in [0.717, 1.165) is 12.8 Å². The summed E-state index contributed by atoms with van der Waals surface area (Å²) in [5, 5.41) is 9.19. The number of carbonyl (C=O) groups is 1. The number of hydrogen-bond acceptors (Lipinski definition) is 4. The van der Waals surface area contributed by atoms with Crippen LogP contribution in [-0.4, -0.2) is 39.9 Å². The normalized spacial score (nSPS) is 25.8. The Morgan fingerprint density at radius 2 is 1.88 bits per heavy atom. The van der Waals surface area contributed by atoms with Crippen LogP contribution in [0.15, 0.2) is 18.2 Å². The van der Waals surface area contributed by atoms with Crippen LogP contribution < -0.4 is 4.74 Å². The molecule has 2 aliphatic rings. The molecule has 2 heterocycles. The summed E-state index contributed by atoms with van der Waals surface area (Å²) in [6.07, 6.45) is 2.97. The minimum atomic E-state index is -0.508. The number of benzene rings is 1. The maximum absolute atomic E-state index is 13.6. The molecule has 1 amide bonds. The van der Waals surface area contributed by atoms with Crippen LogP contribution in [-0.2, 0) is 11.3 Å². The van der Waals surface area contributed by atoms with Crippen LogP contribution in [0.4, 0.5) is 9.18 Å². The van der Waals surface area contributed by atoms with Crippen molar-refractivity contribution in [1.29, 1.82) is 0 Å². The fraction of sp³-hybridized carbons (Fsp3) is 0.632. The molecule has 2 bridgehead atoms. The van der Waals surface area contributed by atoms with Crippen molar-refractivity contribution in [2.24, 2.45) is 0 Å². The maximum atomic E-state index is 13.6. The Bertz CT molecular complexity index is 629. The van der Waals surface area contributed by atoms with Crippen molar-refractivity contribution in [3.05, 3.63) is 29.6 Å². The molecule has 0 aliphatic carbocycles. The van der Waals surface area contributed by atoms with Crippen LogP contribution in [0.2, 0.25) is 0 Å². The first-order valence-electron chi connectivity index (χ1n) is 8.83. The van der Waals surface area contributed by atoms with Gasteiger partial charge in [0, 0.05) is 31.0 Å². The molecule has 2 fully saturated rings. The highest BCUT2D eigenvalue weighted by Gasteiger charge is 2.45. The summed E-state index contributed by atoms with van der Waals surface area (Å²) in [6, 6.07) is 4.49. The van der Waals surface area contributed by atoms with E-state index in [1.54, 1.807) is 6.07 Å². The lowest BCUT2D eigenvalue weighted by Gasteiger charge is -2.39. The zero-order valence-electron chi connectivity index (χ0n) is 15.0. The lowest BCUT2D eigenvalue weighted by atomic mass is 10.00. The molecule has 2 aliphatic heterocycles. The summed E-state index contributed by atoms with van der Waals surface area (Å²) in [5.41, 5.74) is -0.0178. The van der Waals surface area contributed by atoms with Gasteiger partial charge in [-0.15, -0.1) is 0 Å². The monoisotopic (exact) mass is 351 g/mol. The van der Waals surface area contributed by atoms with Gasteiger partial charge >= 0.3 is 6.09 Å². The van der Waals surface area contributed by atoms with E-state index in [0.29, 0.717) is 24.2 Å². The molecule has 0 unspecified atom stereocenters. The zero-order chi connectivity index (χ0) is 18.2. The first-order chi connectivity index (χ1) is 11.7. The Morgan fingerprint density at radius 1 is 1.24 bits per heavy atom. The van der Waals surface area contributed by atoms with E-state index in [2.05, 4.69) is 0 Å². The van der Waals surface area contributed by atoms with Crippen LogP contribution in [0.5, 0.6) is 5.75 Å². The largest absolute Gasteiger partial charge is 0.490 e. The third-order valence-electron chi connectivity index (χ3n) is 4.71. The predicted molar refractivity (Wildman–Crippen MR) is 90.9 cm³/mol. The van der Waals surface area contributed by atoms with E-state index in [1.165, 1.54) is 12.1 Å². The number of carbonyl (C=O) groups excluding carboxylic acids is 1. The van der Waals surface area contributed by atoms with Crippen molar-refractivity contribution < 1.29 is 23.8 Å². The molecule has 138 valence electrons. The van der Waals surface area contributed by atoms with Gasteiger partial charge in [0.1, 0.15) is 23.3 Å². The highest BCUT2D eigenvalue weighted by molar-refractivity contribution is 5.69. The maximum Gasteiger partial charge on any atom is 0.410 e. The summed E-state index contributed by atoms with van der Waals surface area (Å²) < 4.78 is 25.1. The van der Waals surface area contributed by atoms with Gasteiger partial charge in [0.2, 0.25) is 0 Å². The summed E-state index contributed by atoms with van der Waals surface area (Å²) in [6.45, 7) is 5.37. The quantitative estimate of drug-likeness (QED) is 0.903. The molecule has 1 aromatic rings. The summed E-state index contributed by atoms with van der Waals surface area (Å²) in [5.74, 6) is 0.00915. The number of aliphatic hydroxyl groups is 1. The first-order valence-corrected chi connectivity index (χ1v) is 8.83. The number of rotatable bonds is 3. The lowest BCUT2D eigenvalue weighted by Crippen LogP contribution is -2.50. The van der Waals surface area contributed by atoms with Gasteiger partial charge in [0.25, 0.3) is 0 Å². The van der Waals surface area contributed by atoms with Crippen LogP contribution in [0.25, 0.3) is 0 Å². The SMILES string of the molecule is CC(C)(C)OC(=O)N1[C@@H]2CC[C@H]1C[C@@H](Oc1cc(F)cc(CO)c1)C2. The number of piperidine rings is 1. The molecule has 0 spiro atoms. The average Bonchev–Trinajstić information content (AvgIpc) is 2.76. The molecular formula is C19H26FNO4. The van der Waals surface area contributed by atoms with Gasteiger partial charge in [-0.05, 0) is 51.3 Å². The Labute approximate surface area is 147 Å². The minimum Gasteiger partial charge on any atom is -0.490 e. The molecule has 1 N–H and O–H groups in total. The van der Waals surface area contributed by atoms with E-state index >= 15 is 0 Å². The first kappa shape index (κ1) is 18.0. The van der Waals surface area contributed by atoms with Crippen molar-refractivity contribution in [3.63, 3.8) is 0 Å². The smallest absolute Gasteiger partial charge is 0.410 e. The fourth-order valence-electron chi connectivity index (χ4n) is 3.81. The van der Waals surface area contributed by atoms with Gasteiger partial charge in [-0.1, -0.05) is 0 Å². The molecule has 5 nitrogen and oxygen atoms in total. The van der Waals surface area contributed by atoms with Crippen LogP contribution in [0.3, 0.4) is 0 Å². The lowest BCUT2D eigenvalue weighted by molar-refractivity contribution is -0.00711. The highest BCUT2D eigenvalue weighted by Crippen LogP contribution is 2.38. The number of halogens is 1. The Kier molecular flexibility index (Phi) is 4.91. The van der Waals surface area contributed by atoms with Gasteiger partial charge in [-0.2, -0.15) is 0 Å². The topological polar surface area (TPSA) is 59.0 Å². The third kappa shape index (κ3) is 4.24. The van der Waals surface area contributed by atoms with E-state index in [4.69, 9.17) is 9.47 Å². The molecule has 25 heavy (non-hydrogen) atoms. The molecule has 2 saturated heterocycles. The van der Waals surface area contributed by atoms with Gasteiger partial charge in [-0.3, -0.25) is 0 Å². The Balaban J connectivity index is 1.66. The molecule has 1 aromatic carbocycles. The number of amides is 1. The molecule has 0 aromatic heterocycles. The van der Waals surface area contributed by atoms with Crippen LogP contribution in [0, 0.1) is 5.82 Å². The third-order valence-corrected chi connectivity index (χ3v) is 4.71. The number of fused-ring (bicyclic) bond motifs is 2. The average molecular weight is 351 g/mol. The summed E-state index contributed by atoms with van der Waals surface area (Å²) in [4.78, 5) is 14.3. The molecule has 3 rings (SSSR count). The van der Waals surface area contributed by atoms with E-state index in [9.17, 15) is 14.3 Å². The van der Waals surface area contributed by atoms with Crippen molar-refractivity contribution in [3.8, 4) is 5.75 Å². The number of hydrogen-bond donors (Lipinski definition) is 1. The van der Waals surface area contributed by atoms with Crippen molar-refractivity contribution in [2.75, 3.05) is 0 Å². The predicted octanol–water partition coefficient (Wildman–Crippen LogP) is 3.63. The molecule has 3 atom stereocenters. The molecule has 0 saturated carbocycles. The number of aliphatic hydroxyl groups excluding tert-OH is 1.